The van der Waals surface area contributed by atoms with Gasteiger partial charge in [0.2, 0.25) is 0 Å². The van der Waals surface area contributed by atoms with Crippen LogP contribution in [0, 0.1) is 0 Å². The van der Waals surface area contributed by atoms with Crippen molar-refractivity contribution in [3.8, 4) is 0 Å². The quantitative estimate of drug-likeness (QED) is 0.277. The van der Waals surface area contributed by atoms with Gasteiger partial charge in [0.25, 0.3) is 0 Å². The molecular formula is C18H43NO4Si2. The highest BCUT2D eigenvalue weighted by Crippen LogP contribution is 2.12. The Bertz CT molecular complexity index is 289. The topological polar surface area (TPSA) is 40.2 Å². The summed E-state index contributed by atoms with van der Waals surface area (Å²) in [6, 6.07) is 2.33. The lowest BCUT2D eigenvalue weighted by atomic mass is 10.4. The first-order valence-corrected chi connectivity index (χ1v) is 16.0. The Morgan fingerprint density at radius 2 is 1.08 bits per heavy atom. The van der Waals surface area contributed by atoms with Crippen LogP contribution in [-0.4, -0.2) is 81.8 Å². The third-order valence-corrected chi connectivity index (χ3v) is 10.1. The molecule has 0 aromatic heterocycles. The maximum absolute atomic E-state index is 5.78. The molecule has 0 atom stereocenters. The molecule has 0 unspecified atom stereocenters. The highest BCUT2D eigenvalue weighted by Gasteiger charge is 2.20. The smallest absolute Gasteiger partial charge is 0.186 e. The number of ether oxygens (including phenoxy) is 2. The Balaban J connectivity index is 3.57. The zero-order valence-corrected chi connectivity index (χ0v) is 19.9. The number of hydrogen-bond acceptors (Lipinski definition) is 5. The Kier molecular flexibility index (Phi) is 14.4. The van der Waals surface area contributed by atoms with Gasteiger partial charge in [-0.3, -0.25) is 4.90 Å². The van der Waals surface area contributed by atoms with E-state index in [0.29, 0.717) is 0 Å². The van der Waals surface area contributed by atoms with E-state index in [1.807, 2.05) is 14.2 Å². The van der Waals surface area contributed by atoms with Gasteiger partial charge in [-0.15, -0.1) is 0 Å². The van der Waals surface area contributed by atoms with Gasteiger partial charge in [0, 0.05) is 40.5 Å². The minimum Gasteiger partial charge on any atom is -0.420 e. The first kappa shape index (κ1) is 25.2. The molecule has 0 amide bonds. The summed E-state index contributed by atoms with van der Waals surface area (Å²) in [5.41, 5.74) is 0. The largest absolute Gasteiger partial charge is 0.420 e. The minimum absolute atomic E-state index is 0.802. The van der Waals surface area contributed by atoms with E-state index < -0.39 is 16.6 Å². The van der Waals surface area contributed by atoms with Gasteiger partial charge in [0.05, 0.1) is 13.2 Å². The summed E-state index contributed by atoms with van der Waals surface area (Å²) in [4.78, 5) is 2.39. The molecule has 0 rings (SSSR count). The van der Waals surface area contributed by atoms with Crippen LogP contribution in [0.5, 0.6) is 0 Å². The molecule has 0 radical (unpaired) electrons. The Morgan fingerprint density at radius 1 is 0.680 bits per heavy atom. The normalized spacial score (nSPS) is 13.0. The number of nitrogens with zero attached hydrogens (tertiary/aromatic N) is 1. The number of rotatable bonds is 17. The fourth-order valence-electron chi connectivity index (χ4n) is 2.42. The Labute approximate surface area is 158 Å². The van der Waals surface area contributed by atoms with Crippen LogP contribution in [-0.2, 0) is 18.3 Å². The van der Waals surface area contributed by atoms with Crippen molar-refractivity contribution in [2.45, 2.75) is 58.0 Å². The summed E-state index contributed by atoms with van der Waals surface area (Å²) in [7, 11) is 0.812. The SMILES string of the molecule is CCN(CCOCCC[Si](C)(C)OC)CCOCCC[Si](C)(C)OC. The zero-order valence-electron chi connectivity index (χ0n) is 17.9. The van der Waals surface area contributed by atoms with Crippen LogP contribution < -0.4 is 0 Å². The van der Waals surface area contributed by atoms with Crippen molar-refractivity contribution in [3.05, 3.63) is 0 Å². The van der Waals surface area contributed by atoms with Crippen molar-refractivity contribution in [1.82, 2.24) is 4.90 Å². The summed E-state index contributed by atoms with van der Waals surface area (Å²) in [6.07, 6.45) is 2.20. The molecule has 0 aliphatic carbocycles. The minimum atomic E-state index is -1.42. The van der Waals surface area contributed by atoms with E-state index in [2.05, 4.69) is 38.0 Å². The van der Waals surface area contributed by atoms with Crippen molar-refractivity contribution in [1.29, 1.82) is 0 Å². The average Bonchev–Trinajstić information content (AvgIpc) is 2.58. The van der Waals surface area contributed by atoms with Gasteiger partial charge in [-0.2, -0.15) is 0 Å². The Morgan fingerprint density at radius 3 is 1.40 bits per heavy atom. The van der Waals surface area contributed by atoms with Crippen LogP contribution >= 0.6 is 0 Å². The van der Waals surface area contributed by atoms with Crippen molar-refractivity contribution in [2.75, 3.05) is 60.3 Å². The van der Waals surface area contributed by atoms with E-state index >= 15 is 0 Å². The highest BCUT2D eigenvalue weighted by molar-refractivity contribution is 6.71. The second-order valence-electron chi connectivity index (χ2n) is 7.79. The van der Waals surface area contributed by atoms with Crippen LogP contribution in [0.25, 0.3) is 0 Å². The van der Waals surface area contributed by atoms with Crippen molar-refractivity contribution in [2.24, 2.45) is 0 Å². The maximum Gasteiger partial charge on any atom is 0.186 e. The molecule has 0 heterocycles. The summed E-state index contributed by atoms with van der Waals surface area (Å²) in [5, 5.41) is 0. The van der Waals surface area contributed by atoms with Crippen LogP contribution in [0.2, 0.25) is 38.3 Å². The van der Waals surface area contributed by atoms with Gasteiger partial charge in [0.15, 0.2) is 16.6 Å². The van der Waals surface area contributed by atoms with E-state index in [4.69, 9.17) is 18.3 Å². The second kappa shape index (κ2) is 14.3. The third-order valence-electron chi connectivity index (χ3n) is 4.79. The lowest BCUT2D eigenvalue weighted by Gasteiger charge is -2.22. The van der Waals surface area contributed by atoms with E-state index in [1.165, 1.54) is 0 Å². The number of likely N-dealkylation sites (N-methyl/N-ethyl adjacent to an activating group) is 1. The molecule has 0 aromatic rings. The van der Waals surface area contributed by atoms with E-state index in [1.54, 1.807) is 0 Å². The fraction of sp³-hybridized carbons (Fsp3) is 1.00. The number of hydrogen-bond donors (Lipinski definition) is 0. The van der Waals surface area contributed by atoms with Gasteiger partial charge >= 0.3 is 0 Å². The second-order valence-corrected chi connectivity index (χ2v) is 16.6. The predicted molar refractivity (Wildman–Crippen MR) is 112 cm³/mol. The van der Waals surface area contributed by atoms with Crippen molar-refractivity contribution in [3.63, 3.8) is 0 Å². The highest BCUT2D eigenvalue weighted by atomic mass is 28.4. The van der Waals surface area contributed by atoms with Gasteiger partial charge < -0.3 is 18.3 Å². The van der Waals surface area contributed by atoms with Crippen LogP contribution in [0.4, 0.5) is 0 Å². The lowest BCUT2D eigenvalue weighted by Crippen LogP contribution is -2.32. The first-order chi connectivity index (χ1) is 11.8. The lowest BCUT2D eigenvalue weighted by molar-refractivity contribution is 0.0765. The molecule has 0 aromatic carbocycles. The first-order valence-electron chi connectivity index (χ1n) is 9.74. The van der Waals surface area contributed by atoms with E-state index in [-0.39, 0.29) is 0 Å². The molecule has 152 valence electrons. The fourth-order valence-corrected chi connectivity index (χ4v) is 4.82. The molecule has 0 spiro atoms. The summed E-state index contributed by atoms with van der Waals surface area (Å²) in [6.45, 7) is 17.5. The van der Waals surface area contributed by atoms with Gasteiger partial charge in [0.1, 0.15) is 0 Å². The molecule has 0 fully saturated rings. The van der Waals surface area contributed by atoms with Gasteiger partial charge in [-0.1, -0.05) is 6.92 Å². The molecule has 0 saturated heterocycles. The molecule has 0 aliphatic rings. The van der Waals surface area contributed by atoms with E-state index in [9.17, 15) is 0 Å². The molecule has 0 bridgehead atoms. The van der Waals surface area contributed by atoms with Crippen LogP contribution in [0.3, 0.4) is 0 Å². The average molecular weight is 394 g/mol. The van der Waals surface area contributed by atoms with Crippen molar-refractivity contribution >= 4 is 16.6 Å². The molecule has 7 heteroatoms. The predicted octanol–water partition coefficient (Wildman–Crippen LogP) is 3.82. The van der Waals surface area contributed by atoms with Crippen LogP contribution in [0.1, 0.15) is 19.8 Å². The van der Waals surface area contributed by atoms with Crippen LogP contribution in [0.15, 0.2) is 0 Å². The van der Waals surface area contributed by atoms with E-state index in [0.717, 1.165) is 71.0 Å². The molecular weight excluding hydrogens is 350 g/mol. The van der Waals surface area contributed by atoms with Gasteiger partial charge in [-0.05, 0) is 57.7 Å². The molecule has 0 saturated carbocycles. The molecule has 0 aliphatic heterocycles. The maximum atomic E-state index is 5.78. The molecule has 5 nitrogen and oxygen atoms in total. The van der Waals surface area contributed by atoms with Gasteiger partial charge in [-0.25, -0.2) is 0 Å². The van der Waals surface area contributed by atoms with Crippen molar-refractivity contribution < 1.29 is 18.3 Å². The summed E-state index contributed by atoms with van der Waals surface area (Å²) in [5.74, 6) is 0. The summed E-state index contributed by atoms with van der Waals surface area (Å²) >= 11 is 0. The molecule has 25 heavy (non-hydrogen) atoms. The standard InChI is InChI=1S/C18H43NO4Si2/c1-8-19(11-15-22-13-9-17-24(4,5)20-2)12-16-23-14-10-18-25(6,7)21-3/h8-18H2,1-7H3. The third kappa shape index (κ3) is 15.0. The summed E-state index contributed by atoms with van der Waals surface area (Å²) < 4.78 is 22.7. The Hall–Kier alpha value is 0.234. The molecule has 0 N–H and O–H groups in total. The zero-order chi connectivity index (χ0) is 19.2. The monoisotopic (exact) mass is 393 g/mol.